The van der Waals surface area contributed by atoms with E-state index >= 15 is 0 Å². The van der Waals surface area contributed by atoms with Crippen LogP contribution in [-0.2, 0) is 11.1 Å². The van der Waals surface area contributed by atoms with Crippen molar-refractivity contribution >= 4 is 24.7 Å². The topological polar surface area (TPSA) is 153 Å². The van der Waals surface area contributed by atoms with Crippen molar-refractivity contribution < 1.29 is 78.6 Å². The Hall–Kier alpha value is 0.460. The summed E-state index contributed by atoms with van der Waals surface area (Å²) in [7, 11) is -4.70. The minimum absolute atomic E-state index is 0. The molecular weight excluding hydrogens is 319 g/mol. The van der Waals surface area contributed by atoms with Gasteiger partial charge in [-0.3, -0.25) is 0 Å². The molecule has 0 spiro atoms. The number of aliphatic hydroxyl groups excluding tert-OH is 1. The van der Waals surface area contributed by atoms with Crippen molar-refractivity contribution in [2.24, 2.45) is 0 Å². The van der Waals surface area contributed by atoms with E-state index in [-0.39, 0.29) is 78.0 Å². The molecule has 0 saturated heterocycles. The molecule has 9 nitrogen and oxygen atoms in total. The van der Waals surface area contributed by atoms with Gasteiger partial charge in [-0.25, -0.2) is 9.97 Å². The van der Waals surface area contributed by atoms with Crippen LogP contribution < -0.4 is 74.6 Å². The Labute approximate surface area is 165 Å². The molecule has 0 radical (unpaired) electrons. The van der Waals surface area contributed by atoms with Crippen molar-refractivity contribution in [3.05, 3.63) is 12.5 Å². The van der Waals surface area contributed by atoms with E-state index in [2.05, 4.69) is 15.0 Å². The molecule has 12 heteroatoms. The van der Waals surface area contributed by atoms with Gasteiger partial charge in [0.1, 0.15) is 5.52 Å². The average molecular weight is 331 g/mol. The number of aryl methyl sites for hydroxylation is 1. The number of aliphatic hydroxyl groups is 1. The van der Waals surface area contributed by atoms with Gasteiger partial charge in [0.2, 0.25) is 5.95 Å². The summed E-state index contributed by atoms with van der Waals surface area (Å²) in [5.41, 5.74) is 6.50. The molecule has 2 aromatic heterocycles. The van der Waals surface area contributed by atoms with E-state index in [1.807, 2.05) is 0 Å². The SMILES string of the molecule is Nc1ncc2ncn(CC[C@@H](O)CP(=O)([O-])[O-])c2n1.[Na+].[Na+]. The van der Waals surface area contributed by atoms with Crippen molar-refractivity contribution in [3.8, 4) is 0 Å². The van der Waals surface area contributed by atoms with Crippen LogP contribution in [0.5, 0.6) is 0 Å². The molecule has 104 valence electrons. The molecular formula is C9H12N5Na2O4P. The standard InChI is InChI=1S/C9H14N5O4P.2Na/c10-9-11-3-7-8(13-9)14(5-12-7)2-1-6(15)4-19(16,17)18;;/h3,5-6,15H,1-2,4H2,(H2,10,11,13)(H2,16,17,18);;/q;2*+1/p-2/t6-;;/m1../s1. The number of aromatic nitrogens is 4. The number of hydrogen-bond acceptors (Lipinski definition) is 8. The third kappa shape index (κ3) is 6.62. The van der Waals surface area contributed by atoms with Gasteiger partial charge in [-0.05, 0) is 6.42 Å². The zero-order valence-electron chi connectivity index (χ0n) is 11.8. The Morgan fingerprint density at radius 3 is 2.67 bits per heavy atom. The van der Waals surface area contributed by atoms with Crippen molar-refractivity contribution in [1.82, 2.24) is 19.5 Å². The van der Waals surface area contributed by atoms with Crippen LogP contribution in [0.1, 0.15) is 6.42 Å². The van der Waals surface area contributed by atoms with Gasteiger partial charge in [0.15, 0.2) is 5.65 Å². The van der Waals surface area contributed by atoms with Crippen molar-refractivity contribution in [2.75, 3.05) is 11.9 Å². The summed E-state index contributed by atoms with van der Waals surface area (Å²) in [6.07, 6.45) is 1.06. The molecule has 2 heterocycles. The summed E-state index contributed by atoms with van der Waals surface area (Å²) in [6.45, 7) is 0.272. The molecule has 1 atom stereocenters. The Morgan fingerprint density at radius 2 is 2.05 bits per heavy atom. The molecule has 21 heavy (non-hydrogen) atoms. The van der Waals surface area contributed by atoms with Crippen LogP contribution in [0.4, 0.5) is 5.95 Å². The van der Waals surface area contributed by atoms with Gasteiger partial charge in [0, 0.05) is 12.7 Å². The zero-order chi connectivity index (χ0) is 14.0. The molecule has 0 fully saturated rings. The number of hydrogen-bond donors (Lipinski definition) is 2. The van der Waals surface area contributed by atoms with Gasteiger partial charge in [0.05, 0.1) is 18.6 Å². The molecule has 3 N–H and O–H groups in total. The Morgan fingerprint density at radius 1 is 1.38 bits per heavy atom. The van der Waals surface area contributed by atoms with Gasteiger partial charge in [-0.1, -0.05) is 7.60 Å². The van der Waals surface area contributed by atoms with Crippen LogP contribution in [0.3, 0.4) is 0 Å². The summed E-state index contributed by atoms with van der Waals surface area (Å²) >= 11 is 0. The van der Waals surface area contributed by atoms with Gasteiger partial charge in [0.25, 0.3) is 0 Å². The van der Waals surface area contributed by atoms with Crippen molar-refractivity contribution in [1.29, 1.82) is 0 Å². The Kier molecular flexibility index (Phi) is 9.12. The summed E-state index contributed by atoms with van der Waals surface area (Å²) in [5, 5.41) is 9.45. The van der Waals surface area contributed by atoms with Crippen LogP contribution in [0.2, 0.25) is 0 Å². The molecule has 0 aliphatic carbocycles. The number of nitrogens with two attached hydrogens (primary N) is 1. The number of nitrogen functional groups attached to an aromatic ring is 1. The van der Waals surface area contributed by atoms with Gasteiger partial charge >= 0.3 is 59.1 Å². The van der Waals surface area contributed by atoms with Crippen molar-refractivity contribution in [3.63, 3.8) is 0 Å². The quantitative estimate of drug-likeness (QED) is 0.404. The molecule has 0 saturated carbocycles. The van der Waals surface area contributed by atoms with E-state index in [1.54, 1.807) is 4.57 Å². The van der Waals surface area contributed by atoms with Gasteiger partial charge < -0.3 is 29.8 Å². The summed E-state index contributed by atoms with van der Waals surface area (Å²) in [4.78, 5) is 32.8. The molecule has 0 aromatic carbocycles. The first-order valence-corrected chi connectivity index (χ1v) is 7.20. The van der Waals surface area contributed by atoms with Crippen LogP contribution in [-0.4, -0.2) is 36.9 Å². The fraction of sp³-hybridized carbons (Fsp3) is 0.444. The average Bonchev–Trinajstić information content (AvgIpc) is 2.66. The molecule has 0 unspecified atom stereocenters. The fourth-order valence-electron chi connectivity index (χ4n) is 1.67. The van der Waals surface area contributed by atoms with Crippen LogP contribution in [0.25, 0.3) is 11.2 Å². The zero-order valence-corrected chi connectivity index (χ0v) is 16.7. The Bertz CT molecular complexity index is 634. The first-order chi connectivity index (χ1) is 8.85. The third-order valence-electron chi connectivity index (χ3n) is 2.51. The van der Waals surface area contributed by atoms with Crippen molar-refractivity contribution in [2.45, 2.75) is 19.1 Å². The number of anilines is 1. The van der Waals surface area contributed by atoms with Crippen LogP contribution >= 0.6 is 7.60 Å². The molecule has 0 bridgehead atoms. The molecule has 0 aliphatic heterocycles. The van der Waals surface area contributed by atoms with Crippen LogP contribution in [0, 0.1) is 0 Å². The number of rotatable bonds is 5. The minimum Gasteiger partial charge on any atom is -0.811 e. The predicted molar refractivity (Wildman–Crippen MR) is 62.8 cm³/mol. The van der Waals surface area contributed by atoms with Gasteiger partial charge in [-0.2, -0.15) is 4.98 Å². The smallest absolute Gasteiger partial charge is 0.811 e. The molecule has 2 aromatic rings. The number of nitrogens with zero attached hydrogens (tertiary/aromatic N) is 4. The minimum atomic E-state index is -4.70. The number of fused-ring (bicyclic) bond motifs is 1. The van der Waals surface area contributed by atoms with E-state index in [1.165, 1.54) is 12.5 Å². The first kappa shape index (κ1) is 21.5. The predicted octanol–water partition coefficient (Wildman–Crippen LogP) is -7.92. The van der Waals surface area contributed by atoms with E-state index in [4.69, 9.17) is 5.73 Å². The van der Waals surface area contributed by atoms with E-state index in [0.717, 1.165) is 0 Å². The fourth-order valence-corrected chi connectivity index (χ4v) is 2.37. The molecule has 2 rings (SSSR count). The summed E-state index contributed by atoms with van der Waals surface area (Å²) in [5.74, 6) is 0.0958. The maximum Gasteiger partial charge on any atom is 1.00 e. The molecule has 0 aliphatic rings. The van der Waals surface area contributed by atoms with Crippen LogP contribution in [0.15, 0.2) is 12.5 Å². The maximum atomic E-state index is 10.5. The van der Waals surface area contributed by atoms with E-state index in [9.17, 15) is 19.5 Å². The second kappa shape index (κ2) is 8.93. The van der Waals surface area contributed by atoms with Gasteiger partial charge in [-0.15, -0.1) is 0 Å². The van der Waals surface area contributed by atoms with E-state index < -0.39 is 19.9 Å². The normalized spacial score (nSPS) is 12.5. The monoisotopic (exact) mass is 331 g/mol. The second-order valence-electron chi connectivity index (χ2n) is 4.11. The molecule has 0 amide bonds. The first-order valence-electron chi connectivity index (χ1n) is 5.47. The summed E-state index contributed by atoms with van der Waals surface area (Å²) < 4.78 is 12.1. The Balaban J connectivity index is 0.00000200. The van der Waals surface area contributed by atoms with E-state index in [0.29, 0.717) is 11.2 Å². The maximum absolute atomic E-state index is 10.5. The summed E-state index contributed by atoms with van der Waals surface area (Å²) in [6, 6.07) is 0. The third-order valence-corrected chi connectivity index (χ3v) is 3.38. The number of imidazole rings is 1. The largest absolute Gasteiger partial charge is 1.00 e. The second-order valence-corrected chi connectivity index (χ2v) is 5.70.